The fraction of sp³-hybridized carbons (Fsp3) is 0.400. The average Bonchev–Trinajstić information content (AvgIpc) is 2.81. The predicted octanol–water partition coefficient (Wildman–Crippen LogP) is 2.14. The van der Waals surface area contributed by atoms with Crippen LogP contribution in [0.25, 0.3) is 11.0 Å². The van der Waals surface area contributed by atoms with Crippen LogP contribution in [0.4, 0.5) is 0 Å². The molecule has 1 fully saturated rings. The number of rotatable bonds is 2. The Hall–Kier alpha value is -2.17. The van der Waals surface area contributed by atoms with E-state index in [1.54, 1.807) is 6.33 Å². The maximum absolute atomic E-state index is 12.0. The molecule has 1 atom stereocenters. The van der Waals surface area contributed by atoms with E-state index in [2.05, 4.69) is 36.3 Å². The van der Waals surface area contributed by atoms with Crippen LogP contribution in [0.15, 0.2) is 24.5 Å². The fourth-order valence-electron chi connectivity index (χ4n) is 2.60. The Bertz CT molecular complexity index is 687. The number of fused-ring (bicyclic) bond motifs is 1. The minimum Gasteiger partial charge on any atom is -0.318 e. The van der Waals surface area contributed by atoms with Gasteiger partial charge in [0.1, 0.15) is 6.04 Å². The molecule has 1 unspecified atom stereocenters. The van der Waals surface area contributed by atoms with Crippen LogP contribution in [-0.2, 0) is 9.59 Å². The quantitative estimate of drug-likeness (QED) is 0.851. The first-order chi connectivity index (χ1) is 9.56. The molecule has 1 aromatic heterocycles. The molecule has 5 heteroatoms. The van der Waals surface area contributed by atoms with Crippen molar-refractivity contribution in [3.63, 3.8) is 0 Å². The zero-order valence-corrected chi connectivity index (χ0v) is 11.6. The molecule has 2 amide bonds. The molecule has 3 rings (SSSR count). The van der Waals surface area contributed by atoms with Crippen molar-refractivity contribution < 1.29 is 9.59 Å². The molecule has 0 bridgehead atoms. The monoisotopic (exact) mass is 271 g/mol. The van der Waals surface area contributed by atoms with Crippen molar-refractivity contribution in [3.05, 3.63) is 30.1 Å². The molecule has 1 aromatic carbocycles. The molecule has 5 nitrogen and oxygen atoms in total. The van der Waals surface area contributed by atoms with Crippen LogP contribution in [0.3, 0.4) is 0 Å². The third kappa shape index (κ3) is 2.09. The van der Waals surface area contributed by atoms with Crippen molar-refractivity contribution in [1.82, 2.24) is 14.9 Å². The Morgan fingerprint density at radius 2 is 2.15 bits per heavy atom. The summed E-state index contributed by atoms with van der Waals surface area (Å²) in [6.07, 6.45) is 2.59. The Balaban J connectivity index is 2.05. The van der Waals surface area contributed by atoms with Gasteiger partial charge in [0, 0.05) is 6.42 Å². The smallest absolute Gasteiger partial charge is 0.249 e. The highest BCUT2D eigenvalue weighted by Crippen LogP contribution is 2.26. The maximum Gasteiger partial charge on any atom is 0.249 e. The Morgan fingerprint density at radius 3 is 2.85 bits per heavy atom. The van der Waals surface area contributed by atoms with Gasteiger partial charge >= 0.3 is 0 Å². The van der Waals surface area contributed by atoms with Gasteiger partial charge < -0.3 is 4.57 Å². The molecule has 2 aromatic rings. The Morgan fingerprint density at radius 1 is 1.35 bits per heavy atom. The molecule has 0 spiro atoms. The van der Waals surface area contributed by atoms with E-state index in [9.17, 15) is 9.59 Å². The number of carbonyl (C=O) groups excluding carboxylic acids is 2. The first-order valence-corrected chi connectivity index (χ1v) is 6.86. The van der Waals surface area contributed by atoms with E-state index in [0.29, 0.717) is 18.8 Å². The zero-order chi connectivity index (χ0) is 14.3. The number of imide groups is 1. The summed E-state index contributed by atoms with van der Waals surface area (Å²) in [6, 6.07) is 5.78. The molecule has 0 saturated carbocycles. The first kappa shape index (κ1) is 12.8. The van der Waals surface area contributed by atoms with E-state index in [-0.39, 0.29) is 17.9 Å². The summed E-state index contributed by atoms with van der Waals surface area (Å²) in [5.41, 5.74) is 3.04. The lowest BCUT2D eigenvalue weighted by Gasteiger charge is -2.22. The lowest BCUT2D eigenvalue weighted by atomic mass is 10.0. The third-order valence-electron chi connectivity index (χ3n) is 3.81. The summed E-state index contributed by atoms with van der Waals surface area (Å²) in [5.74, 6) is -0.0152. The van der Waals surface area contributed by atoms with Crippen LogP contribution in [-0.4, -0.2) is 21.4 Å². The first-order valence-electron chi connectivity index (χ1n) is 6.86. The van der Waals surface area contributed by atoms with Crippen LogP contribution >= 0.6 is 0 Å². The molecule has 1 aliphatic rings. The fourth-order valence-corrected chi connectivity index (χ4v) is 2.60. The van der Waals surface area contributed by atoms with E-state index in [1.165, 1.54) is 5.56 Å². The van der Waals surface area contributed by atoms with E-state index in [4.69, 9.17) is 0 Å². The van der Waals surface area contributed by atoms with Crippen LogP contribution < -0.4 is 5.32 Å². The summed E-state index contributed by atoms with van der Waals surface area (Å²) >= 11 is 0. The minimum atomic E-state index is -0.347. The van der Waals surface area contributed by atoms with Gasteiger partial charge in [-0.05, 0) is 30.0 Å². The number of nitrogens with one attached hydrogen (secondary N) is 1. The molecule has 2 heterocycles. The molecule has 104 valence electrons. The topological polar surface area (TPSA) is 64.0 Å². The second-order valence-corrected chi connectivity index (χ2v) is 5.52. The summed E-state index contributed by atoms with van der Waals surface area (Å²) < 4.78 is 1.88. The lowest BCUT2D eigenvalue weighted by Crippen LogP contribution is -2.41. The molecule has 20 heavy (non-hydrogen) atoms. The van der Waals surface area contributed by atoms with Crippen LogP contribution in [0.5, 0.6) is 0 Å². The largest absolute Gasteiger partial charge is 0.318 e. The Kier molecular flexibility index (Phi) is 3.04. The number of hydrogen-bond acceptors (Lipinski definition) is 3. The van der Waals surface area contributed by atoms with Crippen molar-refractivity contribution in [2.45, 2.75) is 38.6 Å². The van der Waals surface area contributed by atoms with Crippen molar-refractivity contribution in [1.29, 1.82) is 0 Å². The highest BCUT2D eigenvalue weighted by molar-refractivity contribution is 6.00. The normalized spacial score (nSPS) is 19.6. The molecule has 0 aliphatic carbocycles. The van der Waals surface area contributed by atoms with Crippen LogP contribution in [0.1, 0.15) is 44.2 Å². The third-order valence-corrected chi connectivity index (χ3v) is 3.81. The van der Waals surface area contributed by atoms with E-state index in [0.717, 1.165) is 11.0 Å². The number of carbonyl (C=O) groups is 2. The number of hydrogen-bond donors (Lipinski definition) is 1. The molecule has 0 radical (unpaired) electrons. The number of nitrogens with zero attached hydrogens (tertiary/aromatic N) is 2. The number of aromatic nitrogens is 2. The van der Waals surface area contributed by atoms with Crippen LogP contribution in [0.2, 0.25) is 0 Å². The summed E-state index contributed by atoms with van der Waals surface area (Å²) in [5, 5.41) is 2.39. The molecule has 1 N–H and O–H groups in total. The number of amides is 2. The molecule has 1 aliphatic heterocycles. The van der Waals surface area contributed by atoms with Crippen molar-refractivity contribution >= 4 is 22.8 Å². The maximum atomic E-state index is 12.0. The average molecular weight is 271 g/mol. The zero-order valence-electron chi connectivity index (χ0n) is 11.6. The predicted molar refractivity (Wildman–Crippen MR) is 75.2 cm³/mol. The van der Waals surface area contributed by atoms with Crippen molar-refractivity contribution in [3.8, 4) is 0 Å². The van der Waals surface area contributed by atoms with E-state index < -0.39 is 0 Å². The van der Waals surface area contributed by atoms with Gasteiger partial charge in [-0.15, -0.1) is 0 Å². The number of benzene rings is 1. The highest BCUT2D eigenvalue weighted by atomic mass is 16.2. The number of imidazole rings is 1. The van der Waals surface area contributed by atoms with Crippen molar-refractivity contribution in [2.24, 2.45) is 0 Å². The standard InChI is InChI=1S/C15H17N3O2/c1-9(2)10-3-4-11-13(7-10)18(8-16-11)12-5-6-14(19)17-15(12)20/h3-4,7-9,12H,5-6H2,1-2H3,(H,17,19,20). The van der Waals surface area contributed by atoms with Crippen LogP contribution in [0, 0.1) is 0 Å². The van der Waals surface area contributed by atoms with Gasteiger partial charge in [0.2, 0.25) is 11.8 Å². The summed E-state index contributed by atoms with van der Waals surface area (Å²) in [4.78, 5) is 27.6. The van der Waals surface area contributed by atoms with Crippen molar-refractivity contribution in [2.75, 3.05) is 0 Å². The summed E-state index contributed by atoms with van der Waals surface area (Å²) in [6.45, 7) is 4.27. The van der Waals surface area contributed by atoms with Gasteiger partial charge in [0.25, 0.3) is 0 Å². The highest BCUT2D eigenvalue weighted by Gasteiger charge is 2.28. The van der Waals surface area contributed by atoms with Gasteiger partial charge in [-0.3, -0.25) is 14.9 Å². The molecular formula is C15H17N3O2. The molecule has 1 saturated heterocycles. The second kappa shape index (κ2) is 4.74. The van der Waals surface area contributed by atoms with Gasteiger partial charge in [0.05, 0.1) is 17.4 Å². The van der Waals surface area contributed by atoms with Gasteiger partial charge in [-0.2, -0.15) is 0 Å². The minimum absolute atomic E-state index is 0.196. The Labute approximate surface area is 117 Å². The van der Waals surface area contributed by atoms with Gasteiger partial charge in [-0.1, -0.05) is 19.9 Å². The molecular weight excluding hydrogens is 254 g/mol. The van der Waals surface area contributed by atoms with E-state index >= 15 is 0 Å². The number of piperidine rings is 1. The van der Waals surface area contributed by atoms with Gasteiger partial charge in [0.15, 0.2) is 0 Å². The lowest BCUT2D eigenvalue weighted by molar-refractivity contribution is -0.135. The van der Waals surface area contributed by atoms with Gasteiger partial charge in [-0.25, -0.2) is 4.98 Å². The summed E-state index contributed by atoms with van der Waals surface area (Å²) in [7, 11) is 0. The SMILES string of the molecule is CC(C)c1ccc2ncn(C3CCC(=O)NC3=O)c2c1. The second-order valence-electron chi connectivity index (χ2n) is 5.52. The van der Waals surface area contributed by atoms with E-state index in [1.807, 2.05) is 10.6 Å².